The van der Waals surface area contributed by atoms with Crippen LogP contribution in [0.2, 0.25) is 0 Å². The quantitative estimate of drug-likeness (QED) is 0.102. The highest BCUT2D eigenvalue weighted by molar-refractivity contribution is 5.94. The maximum absolute atomic E-state index is 13.0. The Morgan fingerprint density at radius 2 is 1.41 bits per heavy atom. The van der Waals surface area contributed by atoms with E-state index in [2.05, 4.69) is 20.9 Å². The van der Waals surface area contributed by atoms with Gasteiger partial charge in [0.15, 0.2) is 0 Å². The Kier molecular flexibility index (Phi) is 13.4. The Morgan fingerprint density at radius 1 is 0.821 bits per heavy atom. The molecule has 1 aromatic heterocycles. The number of unbranched alkanes of at least 4 members (excludes halogenated alkanes) is 2. The van der Waals surface area contributed by atoms with E-state index in [1.807, 2.05) is 24.3 Å². The van der Waals surface area contributed by atoms with E-state index in [1.54, 1.807) is 6.20 Å². The summed E-state index contributed by atoms with van der Waals surface area (Å²) in [6.07, 6.45) is 4.80. The minimum atomic E-state index is -1.44. The highest BCUT2D eigenvalue weighted by Crippen LogP contribution is 2.19. The van der Waals surface area contributed by atoms with Crippen LogP contribution >= 0.6 is 0 Å². The molecule has 1 heterocycles. The number of hydrogen-bond donors (Lipinski definition) is 9. The number of carboxylic acids is 1. The Balaban J connectivity index is 2.05. The first-order valence-corrected chi connectivity index (χ1v) is 13.2. The molecule has 0 saturated heterocycles. The van der Waals surface area contributed by atoms with Gasteiger partial charge < -0.3 is 48.3 Å². The second-order valence-corrected chi connectivity index (χ2v) is 9.44. The van der Waals surface area contributed by atoms with Crippen molar-refractivity contribution in [1.29, 1.82) is 0 Å². The lowest BCUT2D eigenvalue weighted by atomic mass is 10.0. The molecule has 2 rings (SSSR count). The molecule has 13 nitrogen and oxygen atoms in total. The normalized spacial score (nSPS) is 14.3. The molecule has 0 saturated carbocycles. The number of aliphatic hydroxyl groups is 1. The summed E-state index contributed by atoms with van der Waals surface area (Å²) in [6, 6.07) is 2.74. The molecule has 39 heavy (non-hydrogen) atoms. The molecule has 0 spiro atoms. The predicted octanol–water partition coefficient (Wildman–Crippen LogP) is -1.17. The zero-order chi connectivity index (χ0) is 28.8. The SMILES string of the molecule is NCCCCC(N)C(=O)NC(CCCCN)C(=O)NC(CO)C(=O)NC(Cc1c[nH]c2ccccc12)C(=O)O. The number of carbonyl (C=O) groups is 4. The Labute approximate surface area is 227 Å². The van der Waals surface area contributed by atoms with Crippen LogP contribution in [-0.2, 0) is 25.6 Å². The van der Waals surface area contributed by atoms with Gasteiger partial charge in [-0.2, -0.15) is 0 Å². The van der Waals surface area contributed by atoms with Gasteiger partial charge in [-0.15, -0.1) is 0 Å². The fourth-order valence-electron chi connectivity index (χ4n) is 4.14. The Bertz CT molecular complexity index is 1090. The molecule has 4 atom stereocenters. The van der Waals surface area contributed by atoms with E-state index < -0.39 is 54.5 Å². The number of para-hydroxylation sites is 1. The maximum atomic E-state index is 13.0. The minimum absolute atomic E-state index is 0.0169. The molecule has 3 amide bonds. The number of aromatic amines is 1. The largest absolute Gasteiger partial charge is 0.480 e. The summed E-state index contributed by atoms with van der Waals surface area (Å²) < 4.78 is 0. The summed E-state index contributed by atoms with van der Waals surface area (Å²) in [5, 5.41) is 27.8. The Hall–Kier alpha value is -3.52. The van der Waals surface area contributed by atoms with Gasteiger partial charge >= 0.3 is 5.97 Å². The zero-order valence-corrected chi connectivity index (χ0v) is 22.0. The van der Waals surface area contributed by atoms with Crippen LogP contribution in [0.4, 0.5) is 0 Å². The minimum Gasteiger partial charge on any atom is -0.480 e. The number of nitrogens with one attached hydrogen (secondary N) is 4. The van der Waals surface area contributed by atoms with Gasteiger partial charge in [0.25, 0.3) is 0 Å². The Morgan fingerprint density at radius 3 is 2.05 bits per heavy atom. The average Bonchev–Trinajstić information content (AvgIpc) is 3.33. The number of aliphatic carboxylic acids is 1. The molecule has 13 heteroatoms. The van der Waals surface area contributed by atoms with Crippen LogP contribution in [0, 0.1) is 0 Å². The summed E-state index contributed by atoms with van der Waals surface area (Å²) >= 11 is 0. The van der Waals surface area contributed by atoms with E-state index in [1.165, 1.54) is 0 Å². The van der Waals surface area contributed by atoms with Crippen LogP contribution in [0.3, 0.4) is 0 Å². The smallest absolute Gasteiger partial charge is 0.326 e. The van der Waals surface area contributed by atoms with Crippen molar-refractivity contribution >= 4 is 34.6 Å². The second-order valence-electron chi connectivity index (χ2n) is 9.44. The van der Waals surface area contributed by atoms with Crippen LogP contribution in [0.25, 0.3) is 10.9 Å². The average molecular weight is 548 g/mol. The van der Waals surface area contributed by atoms with E-state index >= 15 is 0 Å². The summed E-state index contributed by atoms with van der Waals surface area (Å²) in [4.78, 5) is 53.5. The number of fused-ring (bicyclic) bond motifs is 1. The third-order valence-electron chi connectivity index (χ3n) is 6.42. The molecule has 0 aliphatic heterocycles. The number of aliphatic hydroxyl groups excluding tert-OH is 1. The van der Waals surface area contributed by atoms with Crippen molar-refractivity contribution in [1.82, 2.24) is 20.9 Å². The number of amides is 3. The molecule has 0 aliphatic carbocycles. The van der Waals surface area contributed by atoms with E-state index in [0.29, 0.717) is 50.8 Å². The number of H-pyrrole nitrogens is 1. The fourth-order valence-corrected chi connectivity index (χ4v) is 4.14. The summed E-state index contributed by atoms with van der Waals surface area (Å²) in [6.45, 7) is 0.0994. The topological polar surface area (TPSA) is 239 Å². The summed E-state index contributed by atoms with van der Waals surface area (Å²) in [7, 11) is 0. The van der Waals surface area contributed by atoms with Gasteiger partial charge in [0.05, 0.1) is 12.6 Å². The number of carbonyl (C=O) groups excluding carboxylic acids is 3. The van der Waals surface area contributed by atoms with Crippen LogP contribution in [0.15, 0.2) is 30.5 Å². The molecule has 4 unspecified atom stereocenters. The first-order valence-electron chi connectivity index (χ1n) is 13.2. The number of rotatable bonds is 18. The van der Waals surface area contributed by atoms with Crippen LogP contribution in [0.5, 0.6) is 0 Å². The molecule has 0 fully saturated rings. The number of carboxylic acid groups (broad SMARTS) is 1. The molecular formula is C26H41N7O6. The third kappa shape index (κ3) is 9.94. The van der Waals surface area contributed by atoms with E-state index in [9.17, 15) is 29.4 Å². The van der Waals surface area contributed by atoms with Crippen molar-refractivity contribution in [2.45, 2.75) is 69.1 Å². The van der Waals surface area contributed by atoms with Crippen LogP contribution < -0.4 is 33.2 Å². The van der Waals surface area contributed by atoms with Gasteiger partial charge in [0.2, 0.25) is 17.7 Å². The van der Waals surface area contributed by atoms with Gasteiger partial charge in [0.1, 0.15) is 18.1 Å². The molecule has 0 radical (unpaired) electrons. The molecule has 1 aromatic carbocycles. The number of benzene rings is 1. The van der Waals surface area contributed by atoms with Gasteiger partial charge in [-0.25, -0.2) is 4.79 Å². The van der Waals surface area contributed by atoms with Gasteiger partial charge in [-0.05, 0) is 56.8 Å². The number of nitrogens with two attached hydrogens (primary N) is 3. The maximum Gasteiger partial charge on any atom is 0.326 e. The van der Waals surface area contributed by atoms with Crippen molar-refractivity contribution in [3.8, 4) is 0 Å². The lowest BCUT2D eigenvalue weighted by Crippen LogP contribution is -2.58. The van der Waals surface area contributed by atoms with Gasteiger partial charge in [0, 0.05) is 23.5 Å². The molecule has 0 bridgehead atoms. The molecular weight excluding hydrogens is 506 g/mol. The van der Waals surface area contributed by atoms with Crippen molar-refractivity contribution < 1.29 is 29.4 Å². The third-order valence-corrected chi connectivity index (χ3v) is 6.42. The lowest BCUT2D eigenvalue weighted by molar-refractivity contribution is -0.142. The summed E-state index contributed by atoms with van der Waals surface area (Å²) in [5.74, 6) is -3.36. The highest BCUT2D eigenvalue weighted by Gasteiger charge is 2.30. The molecule has 2 aromatic rings. The predicted molar refractivity (Wildman–Crippen MR) is 146 cm³/mol. The second kappa shape index (κ2) is 16.4. The van der Waals surface area contributed by atoms with Crippen molar-refractivity contribution in [3.05, 3.63) is 36.0 Å². The summed E-state index contributed by atoms with van der Waals surface area (Å²) in [5.41, 5.74) is 18.5. The van der Waals surface area contributed by atoms with Crippen LogP contribution in [-0.4, -0.2) is 82.8 Å². The standard InChI is InChI=1S/C26H41N7O6/c27-11-5-3-8-18(29)23(35)31-20(10-4-6-12-28)24(36)33-22(15-34)25(37)32-21(26(38)39)13-16-14-30-19-9-2-1-7-17(16)19/h1-2,7,9,14,18,20-22,30,34H,3-6,8,10-13,15,27-29H2,(H,31,35)(H,32,37)(H,33,36)(H,38,39). The van der Waals surface area contributed by atoms with Gasteiger partial charge in [-0.3, -0.25) is 14.4 Å². The highest BCUT2D eigenvalue weighted by atomic mass is 16.4. The monoisotopic (exact) mass is 547 g/mol. The van der Waals surface area contributed by atoms with E-state index in [4.69, 9.17) is 17.2 Å². The molecule has 12 N–H and O–H groups in total. The van der Waals surface area contributed by atoms with Crippen molar-refractivity contribution in [3.63, 3.8) is 0 Å². The fraction of sp³-hybridized carbons (Fsp3) is 0.538. The van der Waals surface area contributed by atoms with Crippen molar-refractivity contribution in [2.24, 2.45) is 17.2 Å². The van der Waals surface area contributed by atoms with Gasteiger partial charge in [-0.1, -0.05) is 24.6 Å². The van der Waals surface area contributed by atoms with E-state index in [-0.39, 0.29) is 12.8 Å². The number of hydrogen-bond acceptors (Lipinski definition) is 8. The van der Waals surface area contributed by atoms with Crippen LogP contribution in [0.1, 0.15) is 44.1 Å². The lowest BCUT2D eigenvalue weighted by Gasteiger charge is -2.24. The zero-order valence-electron chi connectivity index (χ0n) is 22.0. The first kappa shape index (κ1) is 31.7. The van der Waals surface area contributed by atoms with Crippen molar-refractivity contribution in [2.75, 3.05) is 19.7 Å². The van der Waals surface area contributed by atoms with E-state index in [0.717, 1.165) is 10.9 Å². The molecule has 0 aliphatic rings. The molecule has 216 valence electrons. The first-order chi connectivity index (χ1) is 18.7. The number of aromatic nitrogens is 1.